The fourth-order valence-corrected chi connectivity index (χ4v) is 4.59. The molecular weight excluding hydrogens is 330 g/mol. The van der Waals surface area contributed by atoms with Gasteiger partial charge in [-0.2, -0.15) is 0 Å². The minimum absolute atomic E-state index is 0.861. The van der Waals surface area contributed by atoms with Gasteiger partial charge in [-0.1, -0.05) is 36.4 Å². The van der Waals surface area contributed by atoms with Crippen molar-refractivity contribution in [3.05, 3.63) is 65.2 Å². The van der Waals surface area contributed by atoms with Crippen molar-refractivity contribution < 1.29 is 0 Å². The quantitative estimate of drug-likeness (QED) is 0.794. The summed E-state index contributed by atoms with van der Waals surface area (Å²) in [6.07, 6.45) is 3.90. The summed E-state index contributed by atoms with van der Waals surface area (Å²) in [5.74, 6) is 0.861. The van der Waals surface area contributed by atoms with Crippen molar-refractivity contribution in [3.63, 3.8) is 0 Å². The van der Waals surface area contributed by atoms with Gasteiger partial charge in [0.05, 0.1) is 0 Å². The van der Waals surface area contributed by atoms with Crippen LogP contribution in [0.3, 0.4) is 0 Å². The predicted octanol–water partition coefficient (Wildman–Crippen LogP) is 4.02. The van der Waals surface area contributed by atoms with E-state index in [4.69, 9.17) is 0 Å². The average Bonchev–Trinajstić information content (AvgIpc) is 2.70. The SMILES string of the molecule is CN(C)c1cccc(CN2CCC(CN3CCc4ccccc4C3)CC2)c1. The summed E-state index contributed by atoms with van der Waals surface area (Å²) < 4.78 is 0. The topological polar surface area (TPSA) is 9.72 Å². The van der Waals surface area contributed by atoms with Gasteiger partial charge in [-0.3, -0.25) is 9.80 Å². The molecule has 3 heteroatoms. The van der Waals surface area contributed by atoms with Gasteiger partial charge in [0.15, 0.2) is 0 Å². The largest absolute Gasteiger partial charge is 0.378 e. The zero-order valence-corrected chi connectivity index (χ0v) is 16.9. The summed E-state index contributed by atoms with van der Waals surface area (Å²) in [5, 5.41) is 0. The molecule has 3 nitrogen and oxygen atoms in total. The van der Waals surface area contributed by atoms with Crippen molar-refractivity contribution in [2.45, 2.75) is 32.4 Å². The molecular formula is C24H33N3. The van der Waals surface area contributed by atoms with Crippen LogP contribution in [0.4, 0.5) is 5.69 Å². The van der Waals surface area contributed by atoms with E-state index in [1.54, 1.807) is 11.1 Å². The van der Waals surface area contributed by atoms with E-state index >= 15 is 0 Å². The van der Waals surface area contributed by atoms with Gasteiger partial charge in [0.1, 0.15) is 0 Å². The van der Waals surface area contributed by atoms with Crippen molar-refractivity contribution in [2.75, 3.05) is 45.2 Å². The van der Waals surface area contributed by atoms with E-state index in [2.05, 4.69) is 77.3 Å². The lowest BCUT2D eigenvalue weighted by Crippen LogP contribution is -2.40. The molecule has 27 heavy (non-hydrogen) atoms. The summed E-state index contributed by atoms with van der Waals surface area (Å²) in [4.78, 5) is 7.51. The molecule has 4 rings (SSSR count). The van der Waals surface area contributed by atoms with Gasteiger partial charge in [0.25, 0.3) is 0 Å². The zero-order chi connectivity index (χ0) is 18.6. The average molecular weight is 364 g/mol. The molecule has 2 heterocycles. The number of hydrogen-bond donors (Lipinski definition) is 0. The third-order valence-electron chi connectivity index (χ3n) is 6.27. The van der Waals surface area contributed by atoms with Crippen molar-refractivity contribution in [2.24, 2.45) is 5.92 Å². The molecule has 0 unspecified atom stereocenters. The number of likely N-dealkylation sites (tertiary alicyclic amines) is 1. The molecule has 1 fully saturated rings. The van der Waals surface area contributed by atoms with Crippen LogP contribution in [0, 0.1) is 5.92 Å². The Bertz CT molecular complexity index is 747. The highest BCUT2D eigenvalue weighted by molar-refractivity contribution is 5.47. The predicted molar refractivity (Wildman–Crippen MR) is 114 cm³/mol. The Morgan fingerprint density at radius 2 is 1.67 bits per heavy atom. The van der Waals surface area contributed by atoms with Crippen molar-refractivity contribution in [1.82, 2.24) is 9.80 Å². The van der Waals surface area contributed by atoms with Gasteiger partial charge in [0.2, 0.25) is 0 Å². The maximum atomic E-state index is 2.68. The molecule has 2 aliphatic rings. The van der Waals surface area contributed by atoms with E-state index in [1.165, 1.54) is 56.7 Å². The van der Waals surface area contributed by atoms with Gasteiger partial charge in [-0.25, -0.2) is 0 Å². The molecule has 0 N–H and O–H groups in total. The monoisotopic (exact) mass is 363 g/mol. The molecule has 0 spiro atoms. The Hall–Kier alpha value is -1.84. The first-order valence-electron chi connectivity index (χ1n) is 10.4. The first-order valence-corrected chi connectivity index (χ1v) is 10.4. The third kappa shape index (κ3) is 4.72. The Kier molecular flexibility index (Phi) is 5.80. The summed E-state index contributed by atoms with van der Waals surface area (Å²) in [5.41, 5.74) is 5.84. The maximum Gasteiger partial charge on any atom is 0.0364 e. The number of piperidine rings is 1. The van der Waals surface area contributed by atoms with Crippen molar-refractivity contribution in [3.8, 4) is 0 Å². The maximum absolute atomic E-state index is 2.68. The Balaban J connectivity index is 1.25. The van der Waals surface area contributed by atoms with Crippen molar-refractivity contribution in [1.29, 1.82) is 0 Å². The molecule has 2 aromatic rings. The van der Waals surface area contributed by atoms with E-state index in [0.717, 1.165) is 19.0 Å². The van der Waals surface area contributed by atoms with Gasteiger partial charge >= 0.3 is 0 Å². The van der Waals surface area contributed by atoms with E-state index in [0.29, 0.717) is 0 Å². The van der Waals surface area contributed by atoms with Gasteiger partial charge in [0, 0.05) is 46.0 Å². The van der Waals surface area contributed by atoms with Crippen LogP contribution in [-0.4, -0.2) is 50.1 Å². The molecule has 0 radical (unpaired) electrons. The van der Waals surface area contributed by atoms with E-state index in [-0.39, 0.29) is 0 Å². The molecule has 0 aromatic heterocycles. The van der Waals surface area contributed by atoms with Crippen LogP contribution < -0.4 is 4.90 Å². The smallest absolute Gasteiger partial charge is 0.0364 e. The van der Waals surface area contributed by atoms with E-state index in [9.17, 15) is 0 Å². The minimum atomic E-state index is 0.861. The van der Waals surface area contributed by atoms with Crippen LogP contribution in [0.15, 0.2) is 48.5 Å². The first-order chi connectivity index (χ1) is 13.2. The fraction of sp³-hybridized carbons (Fsp3) is 0.500. The van der Waals surface area contributed by atoms with E-state index in [1.807, 2.05) is 0 Å². The fourth-order valence-electron chi connectivity index (χ4n) is 4.59. The number of fused-ring (bicyclic) bond motifs is 1. The summed E-state index contributed by atoms with van der Waals surface area (Å²) in [7, 11) is 4.23. The molecule has 0 atom stereocenters. The van der Waals surface area contributed by atoms with Crippen LogP contribution in [0.2, 0.25) is 0 Å². The normalized spacial score (nSPS) is 19.0. The highest BCUT2D eigenvalue weighted by Gasteiger charge is 2.23. The van der Waals surface area contributed by atoms with E-state index < -0.39 is 0 Å². The molecule has 2 aromatic carbocycles. The highest BCUT2D eigenvalue weighted by Crippen LogP contribution is 2.24. The molecule has 0 saturated carbocycles. The molecule has 0 bridgehead atoms. The second kappa shape index (κ2) is 8.45. The standard InChI is InChI=1S/C24H33N3/c1-25(2)24-9-5-6-21(16-24)18-26-13-10-20(11-14-26)17-27-15-12-22-7-3-4-8-23(22)19-27/h3-9,16,20H,10-15,17-19H2,1-2H3. The van der Waals surface area contributed by atoms with Crippen LogP contribution in [-0.2, 0) is 19.5 Å². The zero-order valence-electron chi connectivity index (χ0n) is 16.9. The number of rotatable bonds is 5. The molecule has 0 aliphatic carbocycles. The molecule has 144 valence electrons. The summed E-state index contributed by atoms with van der Waals surface area (Å²) >= 11 is 0. The Labute approximate surface area is 164 Å². The van der Waals surface area contributed by atoms with Crippen LogP contribution in [0.5, 0.6) is 0 Å². The summed E-state index contributed by atoms with van der Waals surface area (Å²) in [6.45, 7) is 7.22. The van der Waals surface area contributed by atoms with Crippen LogP contribution >= 0.6 is 0 Å². The number of hydrogen-bond acceptors (Lipinski definition) is 3. The van der Waals surface area contributed by atoms with Crippen molar-refractivity contribution >= 4 is 5.69 Å². The first kappa shape index (κ1) is 18.5. The lowest BCUT2D eigenvalue weighted by atomic mass is 9.93. The Morgan fingerprint density at radius 1 is 0.889 bits per heavy atom. The van der Waals surface area contributed by atoms with Crippen LogP contribution in [0.25, 0.3) is 0 Å². The Morgan fingerprint density at radius 3 is 2.44 bits per heavy atom. The highest BCUT2D eigenvalue weighted by atomic mass is 15.2. The number of nitrogens with zero attached hydrogens (tertiary/aromatic N) is 3. The number of anilines is 1. The lowest BCUT2D eigenvalue weighted by molar-refractivity contribution is 0.132. The van der Waals surface area contributed by atoms with Crippen LogP contribution in [0.1, 0.15) is 29.5 Å². The minimum Gasteiger partial charge on any atom is -0.378 e. The van der Waals surface area contributed by atoms with Gasteiger partial charge in [-0.15, -0.1) is 0 Å². The molecule has 1 saturated heterocycles. The second-order valence-corrected chi connectivity index (χ2v) is 8.54. The third-order valence-corrected chi connectivity index (χ3v) is 6.27. The van der Waals surface area contributed by atoms with Gasteiger partial charge in [-0.05, 0) is 67.1 Å². The lowest BCUT2D eigenvalue weighted by Gasteiger charge is -2.36. The molecule has 2 aliphatic heterocycles. The second-order valence-electron chi connectivity index (χ2n) is 8.54. The molecule has 0 amide bonds. The van der Waals surface area contributed by atoms with Gasteiger partial charge < -0.3 is 4.90 Å². The summed E-state index contributed by atoms with van der Waals surface area (Å²) in [6, 6.07) is 18.0. The number of benzene rings is 2.